The first-order chi connectivity index (χ1) is 10.7. The summed E-state index contributed by atoms with van der Waals surface area (Å²) in [5.41, 5.74) is 0.266. The summed E-state index contributed by atoms with van der Waals surface area (Å²) in [5.74, 6) is 1.73. The number of nitrogens with zero attached hydrogens (tertiary/aromatic N) is 1. The van der Waals surface area contributed by atoms with Crippen LogP contribution in [0.2, 0.25) is 0 Å². The first kappa shape index (κ1) is 15.6. The highest BCUT2D eigenvalue weighted by atomic mass is 16.6. The summed E-state index contributed by atoms with van der Waals surface area (Å²) in [4.78, 5) is 2.50. The fraction of sp³-hybridized carbons (Fsp3) is 0.667. The van der Waals surface area contributed by atoms with Gasteiger partial charge in [-0.15, -0.1) is 0 Å². The number of rotatable bonds is 5. The fourth-order valence-corrected chi connectivity index (χ4v) is 3.49. The molecular weight excluding hydrogens is 278 g/mol. The van der Waals surface area contributed by atoms with E-state index in [1.165, 1.54) is 12.8 Å². The predicted molar refractivity (Wildman–Crippen MR) is 86.6 cm³/mol. The van der Waals surface area contributed by atoms with E-state index in [0.717, 1.165) is 44.3 Å². The highest BCUT2D eigenvalue weighted by Gasteiger charge is 2.33. The number of hydrogen-bond acceptors (Lipinski definition) is 4. The minimum absolute atomic E-state index is 0.115. The van der Waals surface area contributed by atoms with Crippen LogP contribution < -0.4 is 9.47 Å². The Morgan fingerprint density at radius 2 is 2.14 bits per heavy atom. The van der Waals surface area contributed by atoms with Crippen molar-refractivity contribution in [3.8, 4) is 11.5 Å². The topological polar surface area (TPSA) is 30.9 Å². The van der Waals surface area contributed by atoms with Gasteiger partial charge in [-0.3, -0.25) is 4.90 Å². The van der Waals surface area contributed by atoms with Gasteiger partial charge in [0.15, 0.2) is 11.5 Å². The molecule has 1 aromatic rings. The first-order valence-corrected chi connectivity index (χ1v) is 8.37. The Hall–Kier alpha value is -1.26. The van der Waals surface area contributed by atoms with Crippen LogP contribution in [0.1, 0.15) is 26.7 Å². The second-order valence-corrected chi connectivity index (χ2v) is 6.78. The molecule has 1 fully saturated rings. The van der Waals surface area contributed by atoms with E-state index in [1.807, 2.05) is 24.3 Å². The molecule has 2 unspecified atom stereocenters. The molecule has 4 heteroatoms. The van der Waals surface area contributed by atoms with Crippen LogP contribution in [0.25, 0.3) is 0 Å². The summed E-state index contributed by atoms with van der Waals surface area (Å²) in [7, 11) is 0. The third-order valence-electron chi connectivity index (χ3n) is 4.54. The van der Waals surface area contributed by atoms with Crippen LogP contribution in [0.4, 0.5) is 0 Å². The maximum atomic E-state index is 6.09. The molecule has 0 saturated carbocycles. The summed E-state index contributed by atoms with van der Waals surface area (Å²) in [6.07, 6.45) is 2.59. The van der Waals surface area contributed by atoms with Crippen LogP contribution in [-0.4, -0.2) is 50.5 Å². The minimum atomic E-state index is 0.115. The number of hydrogen-bond donors (Lipinski definition) is 0. The molecule has 0 amide bonds. The zero-order valence-electron chi connectivity index (χ0n) is 13.7. The van der Waals surface area contributed by atoms with Gasteiger partial charge in [-0.05, 0) is 38.4 Å². The summed E-state index contributed by atoms with van der Waals surface area (Å²) in [6.45, 7) is 9.83. The average Bonchev–Trinajstić information content (AvgIpc) is 2.53. The Morgan fingerprint density at radius 1 is 1.32 bits per heavy atom. The third-order valence-corrected chi connectivity index (χ3v) is 4.54. The van der Waals surface area contributed by atoms with E-state index >= 15 is 0 Å². The van der Waals surface area contributed by atoms with Crippen LogP contribution in [-0.2, 0) is 4.74 Å². The molecule has 2 heterocycles. The van der Waals surface area contributed by atoms with Gasteiger partial charge in [0.25, 0.3) is 0 Å². The van der Waals surface area contributed by atoms with Crippen molar-refractivity contribution in [2.45, 2.75) is 32.8 Å². The molecule has 0 spiro atoms. The Balaban J connectivity index is 1.55. The summed E-state index contributed by atoms with van der Waals surface area (Å²) < 4.78 is 17.6. The van der Waals surface area contributed by atoms with Gasteiger partial charge in [-0.2, -0.15) is 0 Å². The SMILES string of the molecule is CCOCC1(C)CCCN(CC2COc3ccccc3O2)C1. The van der Waals surface area contributed by atoms with E-state index in [9.17, 15) is 0 Å². The highest BCUT2D eigenvalue weighted by Crippen LogP contribution is 2.33. The molecule has 0 aliphatic carbocycles. The Morgan fingerprint density at radius 3 is 2.95 bits per heavy atom. The van der Waals surface area contributed by atoms with Crippen LogP contribution in [0.3, 0.4) is 0 Å². The molecule has 0 N–H and O–H groups in total. The van der Waals surface area contributed by atoms with Crippen molar-refractivity contribution in [3.05, 3.63) is 24.3 Å². The quantitative estimate of drug-likeness (QED) is 0.837. The van der Waals surface area contributed by atoms with Crippen LogP contribution in [0, 0.1) is 5.41 Å². The zero-order chi connectivity index (χ0) is 15.4. The average molecular weight is 305 g/mol. The van der Waals surface area contributed by atoms with E-state index < -0.39 is 0 Å². The maximum Gasteiger partial charge on any atom is 0.161 e. The van der Waals surface area contributed by atoms with Crippen LogP contribution >= 0.6 is 0 Å². The van der Waals surface area contributed by atoms with Crippen molar-refractivity contribution in [2.75, 3.05) is 39.5 Å². The standard InChI is InChI=1S/C18H27NO3/c1-3-20-14-18(2)9-6-10-19(13-18)11-15-12-21-16-7-4-5-8-17(16)22-15/h4-5,7-8,15H,3,6,9-14H2,1-2H3. The van der Waals surface area contributed by atoms with Crippen molar-refractivity contribution in [2.24, 2.45) is 5.41 Å². The minimum Gasteiger partial charge on any atom is -0.486 e. The first-order valence-electron chi connectivity index (χ1n) is 8.37. The Labute approximate surface area is 133 Å². The van der Waals surface area contributed by atoms with Gasteiger partial charge in [-0.1, -0.05) is 19.1 Å². The molecule has 1 saturated heterocycles. The molecule has 0 bridgehead atoms. The van der Waals surface area contributed by atoms with Gasteiger partial charge < -0.3 is 14.2 Å². The largest absolute Gasteiger partial charge is 0.486 e. The molecule has 2 aliphatic rings. The van der Waals surface area contributed by atoms with E-state index in [0.29, 0.717) is 6.61 Å². The lowest BCUT2D eigenvalue weighted by Gasteiger charge is -2.41. The predicted octanol–water partition coefficient (Wildman–Crippen LogP) is 2.97. The Kier molecular flexibility index (Phi) is 4.89. The molecule has 0 aromatic heterocycles. The van der Waals surface area contributed by atoms with Crippen molar-refractivity contribution >= 4 is 0 Å². The van der Waals surface area contributed by atoms with Gasteiger partial charge in [0.05, 0.1) is 6.61 Å². The van der Waals surface area contributed by atoms with Crippen molar-refractivity contribution in [1.82, 2.24) is 4.90 Å². The second-order valence-electron chi connectivity index (χ2n) is 6.78. The van der Waals surface area contributed by atoms with Gasteiger partial charge in [0.2, 0.25) is 0 Å². The molecule has 2 aliphatic heterocycles. The monoisotopic (exact) mass is 305 g/mol. The Bertz CT molecular complexity index is 493. The smallest absolute Gasteiger partial charge is 0.161 e. The third kappa shape index (κ3) is 3.73. The van der Waals surface area contributed by atoms with Gasteiger partial charge in [0, 0.05) is 25.1 Å². The molecule has 1 aromatic carbocycles. The normalized spacial score (nSPS) is 28.5. The van der Waals surface area contributed by atoms with E-state index in [1.54, 1.807) is 0 Å². The van der Waals surface area contributed by atoms with E-state index in [2.05, 4.69) is 18.7 Å². The zero-order valence-corrected chi connectivity index (χ0v) is 13.7. The van der Waals surface area contributed by atoms with Crippen molar-refractivity contribution < 1.29 is 14.2 Å². The summed E-state index contributed by atoms with van der Waals surface area (Å²) in [6, 6.07) is 7.92. The molecular formula is C18H27NO3. The van der Waals surface area contributed by atoms with Gasteiger partial charge >= 0.3 is 0 Å². The summed E-state index contributed by atoms with van der Waals surface area (Å²) in [5, 5.41) is 0. The maximum absolute atomic E-state index is 6.09. The molecule has 3 rings (SSSR count). The number of piperidine rings is 1. The van der Waals surface area contributed by atoms with Gasteiger partial charge in [0.1, 0.15) is 12.7 Å². The molecule has 122 valence electrons. The van der Waals surface area contributed by atoms with Crippen LogP contribution in [0.5, 0.6) is 11.5 Å². The molecule has 0 radical (unpaired) electrons. The van der Waals surface area contributed by atoms with Crippen molar-refractivity contribution in [3.63, 3.8) is 0 Å². The van der Waals surface area contributed by atoms with E-state index in [4.69, 9.17) is 14.2 Å². The van der Waals surface area contributed by atoms with Crippen molar-refractivity contribution in [1.29, 1.82) is 0 Å². The lowest BCUT2D eigenvalue weighted by Crippen LogP contribution is -2.49. The summed E-state index contributed by atoms with van der Waals surface area (Å²) >= 11 is 0. The number of para-hydroxylation sites is 2. The van der Waals surface area contributed by atoms with Crippen LogP contribution in [0.15, 0.2) is 24.3 Å². The lowest BCUT2D eigenvalue weighted by molar-refractivity contribution is -0.0120. The highest BCUT2D eigenvalue weighted by molar-refractivity contribution is 5.40. The lowest BCUT2D eigenvalue weighted by atomic mass is 9.82. The molecule has 2 atom stereocenters. The number of benzene rings is 1. The number of ether oxygens (including phenoxy) is 3. The van der Waals surface area contributed by atoms with Gasteiger partial charge in [-0.25, -0.2) is 0 Å². The second kappa shape index (κ2) is 6.88. The number of fused-ring (bicyclic) bond motifs is 1. The molecule has 4 nitrogen and oxygen atoms in total. The number of likely N-dealkylation sites (tertiary alicyclic amines) is 1. The fourth-order valence-electron chi connectivity index (χ4n) is 3.49. The van der Waals surface area contributed by atoms with E-state index in [-0.39, 0.29) is 11.5 Å². The molecule has 22 heavy (non-hydrogen) atoms.